The van der Waals surface area contributed by atoms with Crippen LogP contribution in [0.5, 0.6) is 0 Å². The third-order valence-corrected chi connectivity index (χ3v) is 3.21. The number of benzene rings is 2. The minimum absolute atomic E-state index is 0.101. The Morgan fingerprint density at radius 2 is 1.74 bits per heavy atom. The van der Waals surface area contributed by atoms with Crippen molar-refractivity contribution in [2.45, 2.75) is 13.5 Å². The summed E-state index contributed by atoms with van der Waals surface area (Å²) >= 11 is 0. The zero-order chi connectivity index (χ0) is 16.8. The van der Waals surface area contributed by atoms with Crippen LogP contribution in [-0.4, -0.2) is 17.5 Å². The molecule has 2 rings (SSSR count). The normalized spacial score (nSPS) is 9.96. The number of rotatable bonds is 5. The Balaban J connectivity index is 2.01. The van der Waals surface area contributed by atoms with Gasteiger partial charge < -0.3 is 16.4 Å². The van der Waals surface area contributed by atoms with Crippen LogP contribution in [0.2, 0.25) is 0 Å². The van der Waals surface area contributed by atoms with Crippen molar-refractivity contribution in [1.82, 2.24) is 5.32 Å². The smallest absolute Gasteiger partial charge is 0.274 e. The van der Waals surface area contributed by atoms with Crippen molar-refractivity contribution in [3.8, 4) is 0 Å². The van der Waals surface area contributed by atoms with Crippen molar-refractivity contribution in [3.63, 3.8) is 0 Å². The lowest BCUT2D eigenvalue weighted by Crippen LogP contribution is -2.23. The molecule has 6 nitrogen and oxygen atoms in total. The molecule has 0 aliphatic carbocycles. The second-order valence-electron chi connectivity index (χ2n) is 5.02. The quantitative estimate of drug-likeness (QED) is 0.500. The number of nitrogen functional groups attached to an aromatic ring is 1. The monoisotopic (exact) mass is 310 g/mol. The van der Waals surface area contributed by atoms with Gasteiger partial charge in [-0.2, -0.15) is 0 Å². The van der Waals surface area contributed by atoms with Crippen molar-refractivity contribution in [1.29, 1.82) is 5.41 Å². The maximum Gasteiger partial charge on any atom is 0.274 e. The molecule has 6 heteroatoms. The van der Waals surface area contributed by atoms with Gasteiger partial charge in [-0.3, -0.25) is 15.0 Å². The molecule has 0 atom stereocenters. The van der Waals surface area contributed by atoms with Crippen molar-refractivity contribution < 1.29 is 9.59 Å². The topological polar surface area (TPSA) is 108 Å². The molecule has 2 aromatic rings. The fourth-order valence-electron chi connectivity index (χ4n) is 1.97. The first-order valence-electron chi connectivity index (χ1n) is 7.05. The highest BCUT2D eigenvalue weighted by molar-refractivity contribution is 6.48. The lowest BCUT2D eigenvalue weighted by molar-refractivity contribution is -0.119. The van der Waals surface area contributed by atoms with E-state index in [2.05, 4.69) is 10.6 Å². The van der Waals surface area contributed by atoms with E-state index in [-0.39, 0.29) is 11.6 Å². The van der Waals surface area contributed by atoms with Crippen LogP contribution in [0.3, 0.4) is 0 Å². The standard InChI is InChI=1S/C17H18N4O2/c1-11(22)20-10-12-6-8-13(9-7-12)21-17(23)16(19)14-4-2-3-5-15(14)18/h2-9,19H,10,18H2,1H3,(H,20,22)(H,21,23). The van der Waals surface area contributed by atoms with Crippen LogP contribution < -0.4 is 16.4 Å². The first-order chi connectivity index (χ1) is 11.0. The van der Waals surface area contributed by atoms with Crippen molar-refractivity contribution in [3.05, 3.63) is 59.7 Å². The van der Waals surface area contributed by atoms with Crippen molar-refractivity contribution in [2.24, 2.45) is 0 Å². The molecule has 0 bridgehead atoms. The molecule has 2 aromatic carbocycles. The average Bonchev–Trinajstić information content (AvgIpc) is 2.54. The lowest BCUT2D eigenvalue weighted by Gasteiger charge is -2.09. The average molecular weight is 310 g/mol. The lowest BCUT2D eigenvalue weighted by atomic mass is 10.1. The van der Waals surface area contributed by atoms with E-state index >= 15 is 0 Å². The largest absolute Gasteiger partial charge is 0.398 e. The molecule has 2 amide bonds. The number of hydrogen-bond donors (Lipinski definition) is 4. The van der Waals surface area contributed by atoms with Crippen LogP contribution in [0.15, 0.2) is 48.5 Å². The molecule has 0 heterocycles. The van der Waals surface area contributed by atoms with Gasteiger partial charge in [0.15, 0.2) is 0 Å². The Morgan fingerprint density at radius 1 is 1.09 bits per heavy atom. The summed E-state index contributed by atoms with van der Waals surface area (Å²) in [6.45, 7) is 1.88. The molecule has 0 spiro atoms. The van der Waals surface area contributed by atoms with Gasteiger partial charge in [0.25, 0.3) is 5.91 Å². The Hall–Kier alpha value is -3.15. The van der Waals surface area contributed by atoms with E-state index in [4.69, 9.17) is 11.1 Å². The zero-order valence-corrected chi connectivity index (χ0v) is 12.7. The van der Waals surface area contributed by atoms with Gasteiger partial charge in [-0.25, -0.2) is 0 Å². The highest BCUT2D eigenvalue weighted by Crippen LogP contribution is 2.14. The van der Waals surface area contributed by atoms with Crippen LogP contribution in [0.4, 0.5) is 11.4 Å². The van der Waals surface area contributed by atoms with E-state index in [1.807, 2.05) is 0 Å². The predicted molar refractivity (Wildman–Crippen MR) is 90.3 cm³/mol. The Kier molecular flexibility index (Phi) is 5.09. The number of carbonyl (C=O) groups is 2. The first kappa shape index (κ1) is 16.2. The summed E-state index contributed by atoms with van der Waals surface area (Å²) in [4.78, 5) is 23.0. The molecule has 118 valence electrons. The predicted octanol–water partition coefficient (Wildman–Crippen LogP) is 1.91. The van der Waals surface area contributed by atoms with E-state index in [0.29, 0.717) is 23.5 Å². The molecule has 0 aliphatic rings. The highest BCUT2D eigenvalue weighted by atomic mass is 16.2. The second kappa shape index (κ2) is 7.22. The van der Waals surface area contributed by atoms with E-state index in [0.717, 1.165) is 5.56 Å². The Bertz CT molecular complexity index is 739. The fraction of sp³-hybridized carbons (Fsp3) is 0.118. The molecule has 0 fully saturated rings. The SMILES string of the molecule is CC(=O)NCc1ccc(NC(=O)C(=N)c2ccccc2N)cc1. The van der Waals surface area contributed by atoms with Crippen molar-refractivity contribution in [2.75, 3.05) is 11.1 Å². The van der Waals surface area contributed by atoms with Crippen molar-refractivity contribution >= 4 is 28.9 Å². The van der Waals surface area contributed by atoms with Gasteiger partial charge in [0.1, 0.15) is 5.71 Å². The van der Waals surface area contributed by atoms with Gasteiger partial charge in [-0.1, -0.05) is 30.3 Å². The number of nitrogens with two attached hydrogens (primary N) is 1. The zero-order valence-electron chi connectivity index (χ0n) is 12.7. The number of para-hydroxylation sites is 1. The maximum absolute atomic E-state index is 12.1. The molecule has 0 saturated heterocycles. The summed E-state index contributed by atoms with van der Waals surface area (Å²) in [6.07, 6.45) is 0. The molecule has 0 saturated carbocycles. The fourth-order valence-corrected chi connectivity index (χ4v) is 1.97. The van der Waals surface area contributed by atoms with Crippen LogP contribution in [0, 0.1) is 5.41 Å². The highest BCUT2D eigenvalue weighted by Gasteiger charge is 2.14. The first-order valence-corrected chi connectivity index (χ1v) is 7.05. The molecule has 0 radical (unpaired) electrons. The summed E-state index contributed by atoms with van der Waals surface area (Å²) in [7, 11) is 0. The minimum Gasteiger partial charge on any atom is -0.398 e. The van der Waals surface area contributed by atoms with Gasteiger partial charge in [-0.05, 0) is 23.8 Å². The van der Waals surface area contributed by atoms with Gasteiger partial charge in [-0.15, -0.1) is 0 Å². The van der Waals surface area contributed by atoms with E-state index < -0.39 is 5.91 Å². The molecule has 0 aliphatic heterocycles. The molecule has 0 aromatic heterocycles. The van der Waals surface area contributed by atoms with E-state index in [9.17, 15) is 9.59 Å². The molecular weight excluding hydrogens is 292 g/mol. The maximum atomic E-state index is 12.1. The summed E-state index contributed by atoms with van der Waals surface area (Å²) < 4.78 is 0. The number of carbonyl (C=O) groups excluding carboxylic acids is 2. The summed E-state index contributed by atoms with van der Waals surface area (Å²) in [5, 5.41) is 13.3. The molecular formula is C17H18N4O2. The molecule has 23 heavy (non-hydrogen) atoms. The van der Waals surface area contributed by atoms with Crippen LogP contribution >= 0.6 is 0 Å². The Labute approximate surface area is 134 Å². The number of anilines is 2. The van der Waals surface area contributed by atoms with E-state index in [1.165, 1.54) is 6.92 Å². The number of nitrogens with one attached hydrogen (secondary N) is 3. The summed E-state index contributed by atoms with van der Waals surface area (Å²) in [6, 6.07) is 13.8. The number of amides is 2. The number of hydrogen-bond acceptors (Lipinski definition) is 4. The van der Waals surface area contributed by atoms with Gasteiger partial charge in [0, 0.05) is 30.4 Å². The van der Waals surface area contributed by atoms with Crippen LogP contribution in [0.1, 0.15) is 18.1 Å². The van der Waals surface area contributed by atoms with Gasteiger partial charge >= 0.3 is 0 Å². The molecule has 0 unspecified atom stereocenters. The Morgan fingerprint density at radius 3 is 2.35 bits per heavy atom. The van der Waals surface area contributed by atoms with Gasteiger partial charge in [0.05, 0.1) is 0 Å². The second-order valence-corrected chi connectivity index (χ2v) is 5.02. The van der Waals surface area contributed by atoms with Crippen LogP contribution in [0.25, 0.3) is 0 Å². The summed E-state index contributed by atoms with van der Waals surface area (Å²) in [5.74, 6) is -0.631. The molecule has 5 N–H and O–H groups in total. The van der Waals surface area contributed by atoms with Gasteiger partial charge in [0.2, 0.25) is 5.91 Å². The van der Waals surface area contributed by atoms with E-state index in [1.54, 1.807) is 48.5 Å². The third kappa shape index (κ3) is 4.41. The third-order valence-electron chi connectivity index (χ3n) is 3.21. The minimum atomic E-state index is -0.530. The summed E-state index contributed by atoms with van der Waals surface area (Å²) in [5.41, 5.74) is 7.86. The van der Waals surface area contributed by atoms with Crippen LogP contribution in [-0.2, 0) is 16.1 Å².